The average Bonchev–Trinajstić information content (AvgIpc) is 2.70. The van der Waals surface area contributed by atoms with Crippen molar-refractivity contribution >= 4 is 23.1 Å². The molecule has 28 heavy (non-hydrogen) atoms. The van der Waals surface area contributed by atoms with Crippen LogP contribution >= 0.6 is 11.6 Å². The molecule has 8 nitrogen and oxygen atoms in total. The minimum Gasteiger partial charge on any atom is -0.453 e. The minimum atomic E-state index is -0.845. The number of nitrogens with one attached hydrogen (secondary N) is 1. The summed E-state index contributed by atoms with van der Waals surface area (Å²) in [5, 5.41) is 14.1. The molecule has 0 bridgehead atoms. The van der Waals surface area contributed by atoms with Gasteiger partial charge in [-0.25, -0.2) is 9.37 Å². The van der Waals surface area contributed by atoms with Crippen molar-refractivity contribution in [3.8, 4) is 11.5 Å². The van der Waals surface area contributed by atoms with Gasteiger partial charge in [0.25, 0.3) is 5.69 Å². The number of hydrogen-bond acceptors (Lipinski definition) is 7. The molecule has 1 aliphatic rings. The van der Waals surface area contributed by atoms with Gasteiger partial charge in [-0.05, 0) is 19.0 Å². The highest BCUT2D eigenvalue weighted by Gasteiger charge is 2.15. The van der Waals surface area contributed by atoms with Gasteiger partial charge in [0.05, 0.1) is 24.2 Å². The quantitative estimate of drug-likeness (QED) is 0.403. The molecule has 1 aromatic heterocycles. The third-order valence-electron chi connectivity index (χ3n) is 4.25. The smallest absolute Gasteiger partial charge is 0.272 e. The summed E-state index contributed by atoms with van der Waals surface area (Å²) in [6.45, 7) is 5.00. The van der Waals surface area contributed by atoms with Crippen LogP contribution in [0.15, 0.2) is 30.5 Å². The number of halogens is 2. The second-order valence-corrected chi connectivity index (χ2v) is 6.56. The van der Waals surface area contributed by atoms with Crippen LogP contribution in [0.5, 0.6) is 11.5 Å². The molecule has 2 aromatic rings. The van der Waals surface area contributed by atoms with Gasteiger partial charge in [-0.15, -0.1) is 0 Å². The molecule has 1 saturated heterocycles. The summed E-state index contributed by atoms with van der Waals surface area (Å²) in [4.78, 5) is 16.5. The zero-order valence-corrected chi connectivity index (χ0v) is 15.8. The number of nitrogens with zero attached hydrogens (tertiary/aromatic N) is 3. The maximum absolute atomic E-state index is 14.0. The van der Waals surface area contributed by atoms with Crippen LogP contribution in [0, 0.1) is 15.9 Å². The first kappa shape index (κ1) is 20.2. The molecule has 1 aromatic carbocycles. The number of benzene rings is 1. The molecule has 0 saturated carbocycles. The number of ether oxygens (including phenoxy) is 2. The first-order valence-electron chi connectivity index (χ1n) is 8.85. The second-order valence-electron chi connectivity index (χ2n) is 6.18. The van der Waals surface area contributed by atoms with Crippen LogP contribution in [0.1, 0.15) is 6.42 Å². The van der Waals surface area contributed by atoms with Crippen molar-refractivity contribution in [3.05, 3.63) is 51.4 Å². The Hall–Kier alpha value is -2.49. The van der Waals surface area contributed by atoms with Gasteiger partial charge in [0.15, 0.2) is 17.3 Å². The lowest BCUT2D eigenvalue weighted by Gasteiger charge is -2.26. The molecule has 0 unspecified atom stereocenters. The largest absolute Gasteiger partial charge is 0.453 e. The molecule has 3 rings (SSSR count). The Morgan fingerprint density at radius 2 is 2.11 bits per heavy atom. The molecule has 1 aliphatic heterocycles. The summed E-state index contributed by atoms with van der Waals surface area (Å²) >= 11 is 6.31. The maximum Gasteiger partial charge on any atom is 0.272 e. The molecule has 0 spiro atoms. The van der Waals surface area contributed by atoms with Crippen LogP contribution in [0.4, 0.5) is 15.9 Å². The standard InChI is InChI=1S/C18H20ClFN4O4/c19-17-16(28-15-3-2-13(24(25)26)12-14(15)20)4-6-22-18(17)21-5-1-7-23-8-10-27-11-9-23/h2-4,6,12H,1,5,7-11H2,(H,21,22). The van der Waals surface area contributed by atoms with E-state index in [4.69, 9.17) is 21.1 Å². The highest BCUT2D eigenvalue weighted by Crippen LogP contribution is 2.35. The summed E-state index contributed by atoms with van der Waals surface area (Å²) in [5.74, 6) is -0.359. The number of rotatable bonds is 8. The Labute approximate surface area is 166 Å². The first-order chi connectivity index (χ1) is 13.5. The van der Waals surface area contributed by atoms with E-state index in [1.807, 2.05) is 0 Å². The summed E-state index contributed by atoms with van der Waals surface area (Å²) in [6.07, 6.45) is 2.40. The van der Waals surface area contributed by atoms with Crippen molar-refractivity contribution in [2.24, 2.45) is 0 Å². The van der Waals surface area contributed by atoms with Gasteiger partial charge in [-0.3, -0.25) is 15.0 Å². The fraction of sp³-hybridized carbons (Fsp3) is 0.389. The third kappa shape index (κ3) is 5.28. The van der Waals surface area contributed by atoms with Crippen molar-refractivity contribution in [2.45, 2.75) is 6.42 Å². The molecule has 0 atom stereocenters. The van der Waals surface area contributed by atoms with E-state index in [9.17, 15) is 14.5 Å². The number of hydrogen-bond donors (Lipinski definition) is 1. The zero-order chi connectivity index (χ0) is 19.9. The van der Waals surface area contributed by atoms with E-state index in [0.29, 0.717) is 12.4 Å². The number of nitro groups is 1. The van der Waals surface area contributed by atoms with Crippen molar-refractivity contribution < 1.29 is 18.8 Å². The van der Waals surface area contributed by atoms with Crippen LogP contribution in [0.2, 0.25) is 5.02 Å². The summed E-state index contributed by atoms with van der Waals surface area (Å²) in [7, 11) is 0. The number of non-ortho nitro benzene ring substituents is 1. The van der Waals surface area contributed by atoms with Gasteiger partial charge in [-0.2, -0.15) is 0 Å². The van der Waals surface area contributed by atoms with Crippen LogP contribution in [-0.4, -0.2) is 54.2 Å². The van der Waals surface area contributed by atoms with Gasteiger partial charge in [0, 0.05) is 38.0 Å². The number of aromatic nitrogens is 1. The lowest BCUT2D eigenvalue weighted by molar-refractivity contribution is -0.385. The summed E-state index contributed by atoms with van der Waals surface area (Å²) < 4.78 is 24.8. The van der Waals surface area contributed by atoms with Crippen molar-refractivity contribution in [1.82, 2.24) is 9.88 Å². The molecule has 150 valence electrons. The van der Waals surface area contributed by atoms with Gasteiger partial charge in [-0.1, -0.05) is 11.6 Å². The van der Waals surface area contributed by atoms with Gasteiger partial charge >= 0.3 is 0 Å². The molecule has 0 radical (unpaired) electrons. The average molecular weight is 411 g/mol. The van der Waals surface area contributed by atoms with Crippen LogP contribution in [0.25, 0.3) is 0 Å². The SMILES string of the molecule is O=[N+]([O-])c1ccc(Oc2ccnc(NCCCN3CCOCC3)c2Cl)c(F)c1. The number of nitro benzene ring substituents is 1. The lowest BCUT2D eigenvalue weighted by Crippen LogP contribution is -2.37. The lowest BCUT2D eigenvalue weighted by atomic mass is 10.3. The highest BCUT2D eigenvalue weighted by atomic mass is 35.5. The third-order valence-corrected chi connectivity index (χ3v) is 4.61. The van der Waals surface area contributed by atoms with Gasteiger partial charge < -0.3 is 14.8 Å². The van der Waals surface area contributed by atoms with E-state index >= 15 is 0 Å². The second kappa shape index (κ2) is 9.63. The van der Waals surface area contributed by atoms with E-state index in [1.165, 1.54) is 18.3 Å². The molecule has 0 amide bonds. The highest BCUT2D eigenvalue weighted by molar-refractivity contribution is 6.34. The molecule has 1 fully saturated rings. The van der Waals surface area contributed by atoms with Crippen molar-refractivity contribution in [1.29, 1.82) is 0 Å². The van der Waals surface area contributed by atoms with Crippen LogP contribution in [0.3, 0.4) is 0 Å². The van der Waals surface area contributed by atoms with E-state index in [-0.39, 0.29) is 22.2 Å². The van der Waals surface area contributed by atoms with Crippen LogP contribution < -0.4 is 10.1 Å². The van der Waals surface area contributed by atoms with Crippen molar-refractivity contribution in [3.63, 3.8) is 0 Å². The molecule has 1 N–H and O–H groups in total. The Balaban J connectivity index is 1.58. The Morgan fingerprint density at radius 1 is 1.32 bits per heavy atom. The van der Waals surface area contributed by atoms with Crippen molar-refractivity contribution in [2.75, 3.05) is 44.7 Å². The van der Waals surface area contributed by atoms with Gasteiger partial charge in [0.1, 0.15) is 10.8 Å². The number of morpholine rings is 1. The first-order valence-corrected chi connectivity index (χ1v) is 9.22. The fourth-order valence-electron chi connectivity index (χ4n) is 2.77. The zero-order valence-electron chi connectivity index (χ0n) is 15.1. The number of anilines is 1. The van der Waals surface area contributed by atoms with E-state index in [1.54, 1.807) is 0 Å². The van der Waals surface area contributed by atoms with Gasteiger partial charge in [0.2, 0.25) is 0 Å². The molecular weight excluding hydrogens is 391 g/mol. The predicted octanol–water partition coefficient (Wildman–Crippen LogP) is 3.71. The normalized spacial score (nSPS) is 14.6. The Morgan fingerprint density at radius 3 is 2.82 bits per heavy atom. The maximum atomic E-state index is 14.0. The van der Waals surface area contributed by atoms with E-state index in [2.05, 4.69) is 15.2 Å². The summed E-state index contributed by atoms with van der Waals surface area (Å²) in [5.41, 5.74) is -0.353. The molecule has 10 heteroatoms. The molecular formula is C18H20ClFN4O4. The summed E-state index contributed by atoms with van der Waals surface area (Å²) in [6, 6.07) is 4.66. The topological polar surface area (TPSA) is 89.8 Å². The fourth-order valence-corrected chi connectivity index (χ4v) is 2.98. The Kier molecular flexibility index (Phi) is 6.96. The minimum absolute atomic E-state index is 0.156. The predicted molar refractivity (Wildman–Crippen MR) is 103 cm³/mol. The van der Waals surface area contributed by atoms with Crippen LogP contribution in [-0.2, 0) is 4.74 Å². The molecule has 2 heterocycles. The Bertz CT molecular complexity index is 833. The van der Waals surface area contributed by atoms with E-state index in [0.717, 1.165) is 51.4 Å². The monoisotopic (exact) mass is 410 g/mol. The number of pyridine rings is 1. The molecule has 0 aliphatic carbocycles. The van der Waals surface area contributed by atoms with E-state index < -0.39 is 10.7 Å².